The molecule has 0 saturated heterocycles. The van der Waals surface area contributed by atoms with Crippen LogP contribution >= 0.6 is 11.3 Å². The van der Waals surface area contributed by atoms with E-state index in [9.17, 15) is 19.8 Å². The van der Waals surface area contributed by atoms with Crippen LogP contribution in [0.2, 0.25) is 0 Å². The number of amides is 1. The number of fused-ring (bicyclic) bond motifs is 1. The van der Waals surface area contributed by atoms with Crippen LogP contribution in [0.25, 0.3) is 11.1 Å². The van der Waals surface area contributed by atoms with Gasteiger partial charge in [-0.2, -0.15) is 5.10 Å². The van der Waals surface area contributed by atoms with E-state index >= 15 is 0 Å². The third-order valence-electron chi connectivity index (χ3n) is 5.28. The number of para-hydroxylation sites is 2. The van der Waals surface area contributed by atoms with Crippen LogP contribution < -0.4 is 10.3 Å². The zero-order valence-electron chi connectivity index (χ0n) is 17.1. The molecule has 33 heavy (non-hydrogen) atoms. The fraction of sp³-hybridized carbons (Fsp3) is 0. The molecule has 3 aromatic carbocycles. The number of nitrogens with one attached hydrogen (secondary N) is 1. The quantitative estimate of drug-likeness (QED) is 0.279. The Morgan fingerprint density at radius 2 is 1.73 bits per heavy atom. The van der Waals surface area contributed by atoms with E-state index in [1.165, 1.54) is 23.5 Å². The largest absolute Gasteiger partial charge is 0.505 e. The van der Waals surface area contributed by atoms with Gasteiger partial charge in [-0.25, -0.2) is 4.79 Å². The number of hydrogen-bond acceptors (Lipinski definition) is 6. The first kappa shape index (κ1) is 20.5. The van der Waals surface area contributed by atoms with Gasteiger partial charge in [0, 0.05) is 11.1 Å². The molecule has 8 heteroatoms. The van der Waals surface area contributed by atoms with Crippen molar-refractivity contribution in [2.24, 2.45) is 5.10 Å². The van der Waals surface area contributed by atoms with Gasteiger partial charge in [-0.1, -0.05) is 42.5 Å². The van der Waals surface area contributed by atoms with Crippen molar-refractivity contribution in [3.8, 4) is 16.9 Å². The maximum absolute atomic E-state index is 13.2. The summed E-state index contributed by atoms with van der Waals surface area (Å²) in [7, 11) is 0. The molecule has 0 radical (unpaired) electrons. The van der Waals surface area contributed by atoms with Crippen LogP contribution in [0.15, 0.2) is 89.3 Å². The molecule has 1 aliphatic heterocycles. The number of benzene rings is 3. The molecule has 0 unspecified atom stereocenters. The van der Waals surface area contributed by atoms with Crippen LogP contribution in [0, 0.1) is 0 Å². The Hall–Kier alpha value is -4.43. The van der Waals surface area contributed by atoms with Gasteiger partial charge in [-0.05, 0) is 47.3 Å². The second kappa shape index (κ2) is 8.25. The molecule has 1 aromatic heterocycles. The summed E-state index contributed by atoms with van der Waals surface area (Å²) in [6.07, 6.45) is 0. The number of aromatic carboxylic acids is 1. The lowest BCUT2D eigenvalue weighted by Crippen LogP contribution is -2.25. The predicted octanol–water partition coefficient (Wildman–Crippen LogP) is 5.31. The number of phenols is 1. The SMILES string of the molecule is O=C(O)c1cccc(-c2cccc(N/N=C3\C(=O)N(c4cccs4)c4ccccc43)c2O)c1. The van der Waals surface area contributed by atoms with Gasteiger partial charge in [0.05, 0.1) is 16.9 Å². The maximum atomic E-state index is 13.2. The van der Waals surface area contributed by atoms with Crippen molar-refractivity contribution in [1.29, 1.82) is 0 Å². The topological polar surface area (TPSA) is 102 Å². The van der Waals surface area contributed by atoms with Gasteiger partial charge in [0.2, 0.25) is 0 Å². The Morgan fingerprint density at radius 1 is 0.939 bits per heavy atom. The molecule has 2 heterocycles. The molecule has 5 rings (SSSR count). The average molecular weight is 455 g/mol. The van der Waals surface area contributed by atoms with Gasteiger partial charge in [0.25, 0.3) is 5.91 Å². The fourth-order valence-electron chi connectivity index (χ4n) is 3.73. The lowest BCUT2D eigenvalue weighted by atomic mass is 10.0. The average Bonchev–Trinajstić information content (AvgIpc) is 3.44. The first-order chi connectivity index (χ1) is 16.0. The van der Waals surface area contributed by atoms with E-state index in [4.69, 9.17) is 0 Å². The molecule has 0 atom stereocenters. The lowest BCUT2D eigenvalue weighted by molar-refractivity contribution is -0.111. The summed E-state index contributed by atoms with van der Waals surface area (Å²) in [5, 5.41) is 27.1. The maximum Gasteiger partial charge on any atom is 0.335 e. The van der Waals surface area contributed by atoms with Crippen molar-refractivity contribution in [2.45, 2.75) is 0 Å². The van der Waals surface area contributed by atoms with Gasteiger partial charge in [-0.3, -0.25) is 15.1 Å². The number of carbonyl (C=O) groups excluding carboxylic acids is 1. The van der Waals surface area contributed by atoms with Gasteiger partial charge < -0.3 is 10.2 Å². The summed E-state index contributed by atoms with van der Waals surface area (Å²) in [5.41, 5.74) is 5.89. The Balaban J connectivity index is 1.50. The first-order valence-electron chi connectivity index (χ1n) is 10.0. The minimum atomic E-state index is -1.05. The molecule has 0 aliphatic carbocycles. The van der Waals surface area contributed by atoms with Gasteiger partial charge in [0.1, 0.15) is 10.8 Å². The van der Waals surface area contributed by atoms with E-state index in [1.807, 2.05) is 41.8 Å². The number of hydrazone groups is 1. The summed E-state index contributed by atoms with van der Waals surface area (Å²) in [4.78, 5) is 26.1. The van der Waals surface area contributed by atoms with Crippen molar-refractivity contribution in [2.75, 3.05) is 10.3 Å². The van der Waals surface area contributed by atoms with Gasteiger partial charge in [0.15, 0.2) is 5.71 Å². The van der Waals surface area contributed by atoms with Crippen molar-refractivity contribution < 1.29 is 19.8 Å². The predicted molar refractivity (Wildman–Crippen MR) is 129 cm³/mol. The number of nitrogens with zero attached hydrogens (tertiary/aromatic N) is 2. The summed E-state index contributed by atoms with van der Waals surface area (Å²) < 4.78 is 0. The zero-order valence-corrected chi connectivity index (χ0v) is 17.9. The van der Waals surface area contributed by atoms with Crippen molar-refractivity contribution in [3.63, 3.8) is 0 Å². The molecule has 1 aliphatic rings. The summed E-state index contributed by atoms with van der Waals surface area (Å²) in [6, 6.07) is 22.5. The number of phenolic OH excluding ortho intramolecular Hbond substituents is 1. The third-order valence-corrected chi connectivity index (χ3v) is 6.13. The summed E-state index contributed by atoms with van der Waals surface area (Å²) >= 11 is 1.46. The first-order valence-corrected chi connectivity index (χ1v) is 10.9. The smallest absolute Gasteiger partial charge is 0.335 e. The Bertz CT molecular complexity index is 1410. The van der Waals surface area contributed by atoms with Crippen molar-refractivity contribution in [1.82, 2.24) is 0 Å². The van der Waals surface area contributed by atoms with Crippen LogP contribution in [0.3, 0.4) is 0 Å². The third kappa shape index (κ3) is 3.62. The highest BCUT2D eigenvalue weighted by Gasteiger charge is 2.35. The molecule has 0 spiro atoms. The van der Waals surface area contributed by atoms with E-state index < -0.39 is 5.97 Å². The van der Waals surface area contributed by atoms with E-state index in [0.29, 0.717) is 22.4 Å². The van der Waals surface area contributed by atoms with Crippen LogP contribution in [0.4, 0.5) is 16.4 Å². The van der Waals surface area contributed by atoms with E-state index in [0.717, 1.165) is 10.7 Å². The molecule has 3 N–H and O–H groups in total. The second-order valence-electron chi connectivity index (χ2n) is 7.27. The molecule has 0 saturated carbocycles. The highest BCUT2D eigenvalue weighted by molar-refractivity contribution is 7.14. The van der Waals surface area contributed by atoms with Crippen LogP contribution in [0.5, 0.6) is 5.75 Å². The summed E-state index contributed by atoms with van der Waals surface area (Å²) in [5.74, 6) is -1.42. The number of carbonyl (C=O) groups is 2. The summed E-state index contributed by atoms with van der Waals surface area (Å²) in [6.45, 7) is 0. The number of carboxylic acids is 1. The molecule has 4 aromatic rings. The van der Waals surface area contributed by atoms with Crippen molar-refractivity contribution >= 4 is 45.3 Å². The number of rotatable bonds is 5. The number of thiophene rings is 1. The van der Waals surface area contributed by atoms with Crippen molar-refractivity contribution in [3.05, 3.63) is 95.4 Å². The Morgan fingerprint density at radius 3 is 2.52 bits per heavy atom. The number of carboxylic acid groups (broad SMARTS) is 1. The minimum Gasteiger partial charge on any atom is -0.505 e. The van der Waals surface area contributed by atoms with Gasteiger partial charge >= 0.3 is 5.97 Å². The monoisotopic (exact) mass is 455 g/mol. The van der Waals surface area contributed by atoms with E-state index in [1.54, 1.807) is 35.2 Å². The van der Waals surface area contributed by atoms with Crippen LogP contribution in [-0.2, 0) is 4.79 Å². The minimum absolute atomic E-state index is 0.0989. The zero-order chi connectivity index (χ0) is 22.9. The molecular weight excluding hydrogens is 438 g/mol. The number of anilines is 3. The highest BCUT2D eigenvalue weighted by Crippen LogP contribution is 2.39. The molecule has 0 fully saturated rings. The molecule has 162 valence electrons. The molecular formula is C25H17N3O4S. The molecule has 1 amide bonds. The Kier molecular flexibility index (Phi) is 5.12. The Labute approximate surface area is 192 Å². The van der Waals surface area contributed by atoms with Crippen LogP contribution in [-0.4, -0.2) is 27.8 Å². The van der Waals surface area contributed by atoms with Crippen LogP contribution in [0.1, 0.15) is 15.9 Å². The second-order valence-corrected chi connectivity index (χ2v) is 8.20. The lowest BCUT2D eigenvalue weighted by Gasteiger charge is -2.13. The number of aromatic hydroxyl groups is 1. The fourth-order valence-corrected chi connectivity index (χ4v) is 4.47. The van der Waals surface area contributed by atoms with Gasteiger partial charge in [-0.15, -0.1) is 11.3 Å². The van der Waals surface area contributed by atoms with E-state index in [-0.39, 0.29) is 22.9 Å². The molecule has 7 nitrogen and oxygen atoms in total. The standard InChI is InChI=1S/C25H17N3O4S/c29-23-17(15-6-3-7-16(14-15)25(31)32)9-4-10-19(23)26-27-22-18-8-1-2-11-20(18)28(24(22)30)21-12-5-13-33-21/h1-14,26,29H,(H,31,32)/b27-22-. The molecule has 0 bridgehead atoms. The highest BCUT2D eigenvalue weighted by atomic mass is 32.1. The van der Waals surface area contributed by atoms with E-state index in [2.05, 4.69) is 10.5 Å². The number of hydrogen-bond donors (Lipinski definition) is 3. The normalized spacial score (nSPS) is 13.9.